The second-order valence-electron chi connectivity index (χ2n) is 22.7. The molecule has 14 nitrogen and oxygen atoms in total. The van der Waals surface area contributed by atoms with E-state index < -0.39 is 35.0 Å². The highest BCUT2D eigenvalue weighted by molar-refractivity contribution is 5.96. The number of carbonyl (C=O) groups excluding carboxylic acids is 6. The van der Waals surface area contributed by atoms with Crippen molar-refractivity contribution in [1.29, 1.82) is 0 Å². The first-order valence-electron chi connectivity index (χ1n) is 26.8. The van der Waals surface area contributed by atoms with Gasteiger partial charge in [0.2, 0.25) is 23.6 Å². The molecule has 6 rings (SSSR count). The van der Waals surface area contributed by atoms with Gasteiger partial charge in [0, 0.05) is 62.5 Å². The zero-order valence-corrected chi connectivity index (χ0v) is 46.2. The number of nitrogens with zero attached hydrogens (tertiary/aromatic N) is 4. The number of amides is 6. The van der Waals surface area contributed by atoms with Gasteiger partial charge >= 0.3 is 0 Å². The Hall–Kier alpha value is -6.52. The van der Waals surface area contributed by atoms with E-state index in [1.807, 2.05) is 75.6 Å². The van der Waals surface area contributed by atoms with Crippen molar-refractivity contribution in [1.82, 2.24) is 40.9 Å². The van der Waals surface area contributed by atoms with Crippen LogP contribution in [0.25, 0.3) is 11.1 Å². The van der Waals surface area contributed by atoms with E-state index in [0.717, 1.165) is 35.1 Å². The van der Waals surface area contributed by atoms with Crippen LogP contribution in [0.3, 0.4) is 0 Å². The number of rotatable bonds is 21. The largest absolute Gasteiger partial charge is 0.342 e. The van der Waals surface area contributed by atoms with Gasteiger partial charge in [-0.3, -0.25) is 28.8 Å². The van der Waals surface area contributed by atoms with Crippen molar-refractivity contribution in [2.45, 2.75) is 130 Å². The molecule has 0 saturated carbocycles. The van der Waals surface area contributed by atoms with E-state index in [1.165, 1.54) is 24.3 Å². The Morgan fingerprint density at radius 3 is 1.17 bits per heavy atom. The molecule has 0 unspecified atom stereocenters. The average molecular weight is 1050 g/mol. The monoisotopic (exact) mass is 1050 g/mol. The summed E-state index contributed by atoms with van der Waals surface area (Å²) in [4.78, 5) is 91.0. The number of carbonyl (C=O) groups is 6. The van der Waals surface area contributed by atoms with Crippen molar-refractivity contribution < 1.29 is 37.5 Å². The van der Waals surface area contributed by atoms with Crippen molar-refractivity contribution in [3.05, 3.63) is 131 Å². The Morgan fingerprint density at radius 2 is 0.868 bits per heavy atom. The SMILES string of the molecule is CN[C@@H](C)C(=O)N[C@H](C(=O)N1CCC[C@H]1CN(CCc1ccc(F)cc1)C(=O)c1ccc(-c2ccc(C(=O)N(CCc3ccc(F)cc3)C[C@@H]3CCCN3C(=O)[C@@H](NC(=O)[C@H](C)NC)C(C)(C)C)cc2)cc1)C(C)(C)C. The summed E-state index contributed by atoms with van der Waals surface area (Å²) in [6.07, 6.45) is 3.79. The molecule has 0 aliphatic carbocycles. The molecule has 16 heteroatoms. The fourth-order valence-electron chi connectivity index (χ4n) is 9.92. The molecule has 6 amide bonds. The molecule has 4 aromatic rings. The van der Waals surface area contributed by atoms with Gasteiger partial charge in [-0.1, -0.05) is 90.1 Å². The maximum Gasteiger partial charge on any atom is 0.253 e. The Bertz CT molecular complexity index is 2440. The third kappa shape index (κ3) is 15.3. The highest BCUT2D eigenvalue weighted by Crippen LogP contribution is 2.30. The van der Waals surface area contributed by atoms with Crippen molar-refractivity contribution in [2.75, 3.05) is 53.4 Å². The normalized spacial score (nSPS) is 17.4. The molecule has 2 aliphatic rings. The fourth-order valence-corrected chi connectivity index (χ4v) is 9.92. The molecule has 6 atom stereocenters. The van der Waals surface area contributed by atoms with Crippen molar-refractivity contribution in [3.8, 4) is 11.1 Å². The van der Waals surface area contributed by atoms with Gasteiger partial charge in [0.05, 0.1) is 12.1 Å². The summed E-state index contributed by atoms with van der Waals surface area (Å²) in [5.41, 5.74) is 3.11. The maximum atomic E-state index is 14.6. The van der Waals surface area contributed by atoms with E-state index >= 15 is 0 Å². The minimum absolute atomic E-state index is 0.187. The smallest absolute Gasteiger partial charge is 0.253 e. The Balaban J connectivity index is 1.20. The Kier molecular flexibility index (Phi) is 20.1. The third-order valence-corrected chi connectivity index (χ3v) is 15.0. The van der Waals surface area contributed by atoms with Crippen LogP contribution in [0.1, 0.15) is 113 Å². The van der Waals surface area contributed by atoms with Gasteiger partial charge in [0.15, 0.2) is 0 Å². The predicted molar refractivity (Wildman–Crippen MR) is 293 cm³/mol. The van der Waals surface area contributed by atoms with Gasteiger partial charge < -0.3 is 40.9 Å². The topological polar surface area (TPSA) is 163 Å². The summed E-state index contributed by atoms with van der Waals surface area (Å²) in [6.45, 7) is 17.2. The maximum absolute atomic E-state index is 14.6. The number of hydrogen-bond donors (Lipinski definition) is 4. The summed E-state index contributed by atoms with van der Waals surface area (Å²) in [7, 11) is 3.38. The molecular formula is C60H80F2N8O6. The van der Waals surface area contributed by atoms with E-state index in [2.05, 4.69) is 21.3 Å². The van der Waals surface area contributed by atoms with Gasteiger partial charge in [-0.15, -0.1) is 0 Å². The van der Waals surface area contributed by atoms with Gasteiger partial charge in [0.1, 0.15) is 23.7 Å². The summed E-state index contributed by atoms with van der Waals surface area (Å²) in [5, 5.41) is 11.8. The zero-order chi connectivity index (χ0) is 55.5. The molecule has 2 fully saturated rings. The molecule has 4 N–H and O–H groups in total. The second kappa shape index (κ2) is 26.0. The lowest BCUT2D eigenvalue weighted by atomic mass is 9.85. The number of hydrogen-bond acceptors (Lipinski definition) is 8. The lowest BCUT2D eigenvalue weighted by Gasteiger charge is -2.37. The molecule has 0 spiro atoms. The summed E-state index contributed by atoms with van der Waals surface area (Å²) >= 11 is 0. The van der Waals surface area contributed by atoms with Crippen molar-refractivity contribution in [3.63, 3.8) is 0 Å². The van der Waals surface area contributed by atoms with Crippen LogP contribution >= 0.6 is 0 Å². The minimum Gasteiger partial charge on any atom is -0.342 e. The molecule has 2 aliphatic heterocycles. The molecular weight excluding hydrogens is 967 g/mol. The number of halogens is 2. The van der Waals surface area contributed by atoms with Crippen molar-refractivity contribution in [2.24, 2.45) is 10.8 Å². The summed E-state index contributed by atoms with van der Waals surface area (Å²) in [6, 6.07) is 23.8. The van der Waals surface area contributed by atoms with Crippen LogP contribution in [0.5, 0.6) is 0 Å². The first kappa shape index (κ1) is 58.7. The molecule has 0 bridgehead atoms. The van der Waals surface area contributed by atoms with E-state index in [-0.39, 0.29) is 72.3 Å². The van der Waals surface area contributed by atoms with E-state index in [4.69, 9.17) is 0 Å². The second-order valence-corrected chi connectivity index (χ2v) is 22.7. The number of likely N-dealkylation sites (N-methyl/N-ethyl adjacent to an activating group) is 2. The Labute approximate surface area is 448 Å². The molecule has 2 saturated heterocycles. The summed E-state index contributed by atoms with van der Waals surface area (Å²) in [5.74, 6) is -2.06. The molecule has 0 radical (unpaired) electrons. The van der Waals surface area contributed by atoms with E-state index in [9.17, 15) is 37.5 Å². The summed E-state index contributed by atoms with van der Waals surface area (Å²) < 4.78 is 27.7. The van der Waals surface area contributed by atoms with Crippen LogP contribution in [-0.4, -0.2) is 145 Å². The highest BCUT2D eigenvalue weighted by atomic mass is 19.1. The molecule has 4 aromatic carbocycles. The van der Waals surface area contributed by atoms with E-state index in [1.54, 1.807) is 86.3 Å². The first-order chi connectivity index (χ1) is 36.0. The highest BCUT2D eigenvalue weighted by Gasteiger charge is 2.42. The van der Waals surface area contributed by atoms with Crippen LogP contribution in [-0.2, 0) is 32.0 Å². The van der Waals surface area contributed by atoms with Crippen LogP contribution < -0.4 is 21.3 Å². The molecule has 410 valence electrons. The predicted octanol–water partition coefficient (Wildman–Crippen LogP) is 7.26. The molecule has 76 heavy (non-hydrogen) atoms. The van der Waals surface area contributed by atoms with Gasteiger partial charge in [-0.2, -0.15) is 0 Å². The molecule has 2 heterocycles. The fraction of sp³-hybridized carbons (Fsp3) is 0.500. The number of nitrogens with one attached hydrogen (secondary N) is 4. The minimum atomic E-state index is -0.784. The zero-order valence-electron chi connectivity index (χ0n) is 46.2. The van der Waals surface area contributed by atoms with Crippen LogP contribution in [0.4, 0.5) is 8.78 Å². The van der Waals surface area contributed by atoms with Crippen molar-refractivity contribution >= 4 is 35.4 Å². The molecule has 0 aromatic heterocycles. The third-order valence-electron chi connectivity index (χ3n) is 15.0. The number of benzene rings is 4. The standard InChI is InChI=1S/C60H80F2N8O6/c1-39(63-9)53(71)65-51(59(3,4)5)57(75)69-33-11-13-49(69)37-67(35-31-41-15-27-47(61)28-16-41)55(73)45-23-19-43(20-24-45)44-21-25-46(26-22-44)56(74)68(36-32-42-17-29-48(62)30-18-42)38-50-14-12-34-70(50)58(76)52(60(6,7)8)66-54(72)40(2)64-10/h15-30,39-40,49-52,63-64H,11-14,31-38H2,1-10H3,(H,65,71)(H,66,72)/t39-,40-,49-,50-,51+,52+/m0/s1. The lowest BCUT2D eigenvalue weighted by molar-refractivity contribution is -0.141. The van der Waals surface area contributed by atoms with Crippen LogP contribution in [0.15, 0.2) is 97.1 Å². The van der Waals surface area contributed by atoms with Gasteiger partial charge in [0.25, 0.3) is 11.8 Å². The first-order valence-corrected chi connectivity index (χ1v) is 26.8. The Morgan fingerprint density at radius 1 is 0.539 bits per heavy atom. The van der Waals surface area contributed by atoms with E-state index in [0.29, 0.717) is 63.0 Å². The van der Waals surface area contributed by atoms with Crippen LogP contribution in [0, 0.1) is 22.5 Å². The number of likely N-dealkylation sites (tertiary alicyclic amines) is 2. The van der Waals surface area contributed by atoms with Gasteiger partial charge in [-0.05, 0) is 148 Å². The van der Waals surface area contributed by atoms with Crippen LogP contribution in [0.2, 0.25) is 0 Å². The average Bonchev–Trinajstić information content (AvgIpc) is 4.08. The quantitative estimate of drug-likeness (QED) is 0.0678. The lowest BCUT2D eigenvalue weighted by Crippen LogP contribution is -2.59. The van der Waals surface area contributed by atoms with Gasteiger partial charge in [-0.25, -0.2) is 8.78 Å².